The smallest absolute Gasteiger partial charge is 0.300 e. The molecule has 5 heteroatoms. The Hall–Kier alpha value is -1.33. The third-order valence-corrected chi connectivity index (χ3v) is 3.88. The number of hydrazine groups is 1. The molecule has 2 unspecified atom stereocenters. The first-order valence-electron chi connectivity index (χ1n) is 6.45. The van der Waals surface area contributed by atoms with Crippen molar-refractivity contribution in [2.75, 3.05) is 6.54 Å². The SMILES string of the molecule is CC1CCCN(Cc2ccc(C(=O)NN)o2)C1C. The number of nitrogens with one attached hydrogen (secondary N) is 1. The lowest BCUT2D eigenvalue weighted by molar-refractivity contribution is 0.0893. The first-order chi connectivity index (χ1) is 8.61. The predicted molar refractivity (Wildman–Crippen MR) is 68.6 cm³/mol. The fourth-order valence-electron chi connectivity index (χ4n) is 2.50. The number of nitrogens with zero attached hydrogens (tertiary/aromatic N) is 1. The van der Waals surface area contributed by atoms with Crippen LogP contribution in [0.15, 0.2) is 16.5 Å². The zero-order chi connectivity index (χ0) is 13.1. The standard InChI is InChI=1S/C13H21N3O2/c1-9-4-3-7-16(10(9)2)8-11-5-6-12(18-11)13(17)15-14/h5-6,9-10H,3-4,7-8,14H2,1-2H3,(H,15,17). The molecule has 18 heavy (non-hydrogen) atoms. The Kier molecular flexibility index (Phi) is 4.04. The topological polar surface area (TPSA) is 71.5 Å². The summed E-state index contributed by atoms with van der Waals surface area (Å²) >= 11 is 0. The number of hydrogen-bond donors (Lipinski definition) is 2. The normalized spacial score (nSPS) is 25.1. The van der Waals surface area contributed by atoms with Crippen LogP contribution in [0.1, 0.15) is 43.0 Å². The van der Waals surface area contributed by atoms with Gasteiger partial charge in [-0.2, -0.15) is 0 Å². The molecule has 3 N–H and O–H groups in total. The number of hydrogen-bond acceptors (Lipinski definition) is 4. The molecule has 1 fully saturated rings. The minimum absolute atomic E-state index is 0.269. The number of furan rings is 1. The van der Waals surface area contributed by atoms with Gasteiger partial charge >= 0.3 is 5.91 Å². The van der Waals surface area contributed by atoms with Crippen molar-refractivity contribution in [3.63, 3.8) is 0 Å². The van der Waals surface area contributed by atoms with Crippen LogP contribution in [0.4, 0.5) is 0 Å². The largest absolute Gasteiger partial charge is 0.455 e. The maximum absolute atomic E-state index is 11.3. The number of carbonyl (C=O) groups excluding carboxylic acids is 1. The summed E-state index contributed by atoms with van der Waals surface area (Å²) in [5.41, 5.74) is 2.07. The maximum atomic E-state index is 11.3. The van der Waals surface area contributed by atoms with E-state index in [2.05, 4.69) is 24.2 Å². The lowest BCUT2D eigenvalue weighted by atomic mass is 9.92. The van der Waals surface area contributed by atoms with Gasteiger partial charge in [0.15, 0.2) is 5.76 Å². The second-order valence-corrected chi connectivity index (χ2v) is 5.07. The first-order valence-corrected chi connectivity index (χ1v) is 6.45. The Morgan fingerprint density at radius 2 is 2.33 bits per heavy atom. The van der Waals surface area contributed by atoms with Gasteiger partial charge in [-0.15, -0.1) is 0 Å². The molecule has 1 aliphatic heterocycles. The molecule has 0 bridgehead atoms. The van der Waals surface area contributed by atoms with Crippen molar-refractivity contribution in [3.05, 3.63) is 23.7 Å². The highest BCUT2D eigenvalue weighted by Crippen LogP contribution is 2.24. The molecule has 0 spiro atoms. The minimum atomic E-state index is -0.388. The predicted octanol–water partition coefficient (Wildman–Crippen LogP) is 1.50. The quantitative estimate of drug-likeness (QED) is 0.485. The Balaban J connectivity index is 2.00. The number of nitrogens with two attached hydrogens (primary N) is 1. The van der Waals surface area contributed by atoms with E-state index in [9.17, 15) is 4.79 Å². The summed E-state index contributed by atoms with van der Waals surface area (Å²) in [5.74, 6) is 6.47. The molecule has 1 amide bonds. The fraction of sp³-hybridized carbons (Fsp3) is 0.615. The van der Waals surface area contributed by atoms with E-state index in [0.717, 1.165) is 18.8 Å². The van der Waals surface area contributed by atoms with E-state index in [4.69, 9.17) is 10.3 Å². The van der Waals surface area contributed by atoms with Crippen molar-refractivity contribution >= 4 is 5.91 Å². The van der Waals surface area contributed by atoms with E-state index in [1.165, 1.54) is 12.8 Å². The van der Waals surface area contributed by atoms with Gasteiger partial charge in [0.2, 0.25) is 0 Å². The summed E-state index contributed by atoms with van der Waals surface area (Å²) in [6.07, 6.45) is 2.51. The zero-order valence-electron chi connectivity index (χ0n) is 11.0. The third-order valence-electron chi connectivity index (χ3n) is 3.88. The third kappa shape index (κ3) is 2.73. The number of amides is 1. The summed E-state index contributed by atoms with van der Waals surface area (Å²) < 4.78 is 5.49. The van der Waals surface area contributed by atoms with Gasteiger partial charge in [-0.1, -0.05) is 6.92 Å². The van der Waals surface area contributed by atoms with Crippen molar-refractivity contribution < 1.29 is 9.21 Å². The maximum Gasteiger partial charge on any atom is 0.300 e. The minimum Gasteiger partial charge on any atom is -0.455 e. The van der Waals surface area contributed by atoms with Crippen molar-refractivity contribution in [1.82, 2.24) is 10.3 Å². The second-order valence-electron chi connectivity index (χ2n) is 5.07. The highest BCUT2D eigenvalue weighted by atomic mass is 16.4. The van der Waals surface area contributed by atoms with E-state index in [-0.39, 0.29) is 11.7 Å². The summed E-state index contributed by atoms with van der Waals surface area (Å²) in [6.45, 7) is 6.38. The Morgan fingerprint density at radius 1 is 1.56 bits per heavy atom. The summed E-state index contributed by atoms with van der Waals surface area (Å²) in [7, 11) is 0. The number of carbonyl (C=O) groups is 1. The van der Waals surface area contributed by atoms with Crippen LogP contribution in [-0.2, 0) is 6.54 Å². The molecular formula is C13H21N3O2. The molecule has 0 aliphatic carbocycles. The fourth-order valence-corrected chi connectivity index (χ4v) is 2.50. The second kappa shape index (κ2) is 5.54. The Bertz CT molecular complexity index is 416. The average Bonchev–Trinajstić information content (AvgIpc) is 2.82. The molecule has 5 nitrogen and oxygen atoms in total. The van der Waals surface area contributed by atoms with Crippen LogP contribution >= 0.6 is 0 Å². The van der Waals surface area contributed by atoms with Gasteiger partial charge in [0, 0.05) is 6.04 Å². The van der Waals surface area contributed by atoms with E-state index in [1.807, 2.05) is 6.07 Å². The van der Waals surface area contributed by atoms with Crippen LogP contribution in [0, 0.1) is 5.92 Å². The van der Waals surface area contributed by atoms with Crippen LogP contribution in [0.5, 0.6) is 0 Å². The van der Waals surface area contributed by atoms with E-state index in [0.29, 0.717) is 12.0 Å². The lowest BCUT2D eigenvalue weighted by Crippen LogP contribution is -2.41. The molecular weight excluding hydrogens is 230 g/mol. The monoisotopic (exact) mass is 251 g/mol. The molecule has 2 rings (SSSR count). The molecule has 1 aromatic rings. The summed E-state index contributed by atoms with van der Waals surface area (Å²) in [5, 5.41) is 0. The summed E-state index contributed by atoms with van der Waals surface area (Å²) in [6, 6.07) is 4.06. The number of rotatable bonds is 3. The van der Waals surface area contributed by atoms with Gasteiger partial charge in [0.05, 0.1) is 6.54 Å². The lowest BCUT2D eigenvalue weighted by Gasteiger charge is -2.37. The van der Waals surface area contributed by atoms with Crippen molar-refractivity contribution in [2.45, 2.75) is 39.3 Å². The Labute approximate surface area is 107 Å². The molecule has 2 atom stereocenters. The average molecular weight is 251 g/mol. The molecule has 1 aromatic heterocycles. The summed E-state index contributed by atoms with van der Waals surface area (Å²) in [4.78, 5) is 13.7. The van der Waals surface area contributed by atoms with Gasteiger partial charge in [0.1, 0.15) is 5.76 Å². The van der Waals surface area contributed by atoms with Crippen LogP contribution in [0.3, 0.4) is 0 Å². The molecule has 1 aliphatic rings. The van der Waals surface area contributed by atoms with E-state index >= 15 is 0 Å². The molecule has 100 valence electrons. The molecule has 2 heterocycles. The number of nitrogen functional groups attached to an aromatic ring is 1. The van der Waals surface area contributed by atoms with E-state index in [1.54, 1.807) is 6.07 Å². The highest BCUT2D eigenvalue weighted by Gasteiger charge is 2.25. The highest BCUT2D eigenvalue weighted by molar-refractivity contribution is 5.90. The van der Waals surface area contributed by atoms with Crippen LogP contribution in [-0.4, -0.2) is 23.4 Å². The molecule has 0 saturated carbocycles. The molecule has 1 saturated heterocycles. The molecule has 0 aromatic carbocycles. The number of likely N-dealkylation sites (tertiary alicyclic amines) is 1. The van der Waals surface area contributed by atoms with Crippen molar-refractivity contribution in [1.29, 1.82) is 0 Å². The van der Waals surface area contributed by atoms with Crippen LogP contribution in [0.25, 0.3) is 0 Å². The van der Waals surface area contributed by atoms with Crippen molar-refractivity contribution in [2.24, 2.45) is 11.8 Å². The van der Waals surface area contributed by atoms with Gasteiger partial charge in [-0.05, 0) is 44.4 Å². The van der Waals surface area contributed by atoms with Crippen molar-refractivity contribution in [3.8, 4) is 0 Å². The number of piperidine rings is 1. The van der Waals surface area contributed by atoms with Gasteiger partial charge < -0.3 is 4.42 Å². The first kappa shape index (κ1) is 13.1. The zero-order valence-corrected chi connectivity index (χ0v) is 11.0. The van der Waals surface area contributed by atoms with Gasteiger partial charge in [-0.25, -0.2) is 5.84 Å². The Morgan fingerprint density at radius 3 is 3.06 bits per heavy atom. The van der Waals surface area contributed by atoms with Crippen LogP contribution in [0.2, 0.25) is 0 Å². The van der Waals surface area contributed by atoms with Gasteiger partial charge in [-0.3, -0.25) is 15.1 Å². The van der Waals surface area contributed by atoms with Crippen LogP contribution < -0.4 is 11.3 Å². The molecule has 0 radical (unpaired) electrons. The van der Waals surface area contributed by atoms with Gasteiger partial charge in [0.25, 0.3) is 0 Å². The van der Waals surface area contributed by atoms with E-state index < -0.39 is 0 Å².